The fraction of sp³-hybridized carbons (Fsp3) is 0.517. The lowest BCUT2D eigenvalue weighted by molar-refractivity contribution is 0.0921. The van der Waals surface area contributed by atoms with Crippen LogP contribution in [-0.2, 0) is 19.4 Å². The third-order valence-electron chi connectivity index (χ3n) is 8.16. The second-order valence-electron chi connectivity index (χ2n) is 10.8. The molecule has 35 heavy (non-hydrogen) atoms. The first-order chi connectivity index (χ1) is 17.2. The number of pyridine rings is 1. The molecular weight excluding hydrogens is 434 g/mol. The van der Waals surface area contributed by atoms with Crippen LogP contribution < -0.4 is 5.32 Å². The number of aromatic nitrogens is 3. The molecule has 0 radical (unpaired) electrons. The van der Waals surface area contributed by atoms with Gasteiger partial charge in [-0.15, -0.1) is 0 Å². The Hall–Kier alpha value is -2.86. The summed E-state index contributed by atoms with van der Waals surface area (Å²) in [5.41, 5.74) is 4.21. The number of benzene rings is 1. The predicted molar refractivity (Wildman–Crippen MR) is 137 cm³/mol. The summed E-state index contributed by atoms with van der Waals surface area (Å²) < 4.78 is 0. The van der Waals surface area contributed by atoms with Gasteiger partial charge < -0.3 is 5.32 Å². The van der Waals surface area contributed by atoms with Crippen LogP contribution in [0.25, 0.3) is 10.9 Å². The molecule has 2 aromatic heterocycles. The number of carbonyl (C=O) groups is 1. The minimum Gasteiger partial charge on any atom is -0.349 e. The van der Waals surface area contributed by atoms with Crippen molar-refractivity contribution in [3.8, 4) is 0 Å². The van der Waals surface area contributed by atoms with Gasteiger partial charge in [-0.1, -0.05) is 12.1 Å². The van der Waals surface area contributed by atoms with Gasteiger partial charge in [0, 0.05) is 66.6 Å². The average Bonchev–Trinajstić information content (AvgIpc) is 3.72. The van der Waals surface area contributed by atoms with E-state index in [2.05, 4.69) is 26.4 Å². The van der Waals surface area contributed by atoms with Gasteiger partial charge in [0.1, 0.15) is 5.82 Å². The van der Waals surface area contributed by atoms with Gasteiger partial charge in [0.15, 0.2) is 0 Å². The van der Waals surface area contributed by atoms with Crippen molar-refractivity contribution >= 4 is 16.8 Å². The molecule has 182 valence electrons. The van der Waals surface area contributed by atoms with Crippen LogP contribution in [0.1, 0.15) is 72.4 Å². The Kier molecular flexibility index (Phi) is 6.47. The normalized spacial score (nSPS) is 22.6. The summed E-state index contributed by atoms with van der Waals surface area (Å²) in [4.78, 5) is 29.4. The van der Waals surface area contributed by atoms with Crippen molar-refractivity contribution in [2.75, 3.05) is 13.1 Å². The maximum Gasteiger partial charge on any atom is 0.252 e. The Bertz CT molecular complexity index is 1190. The quantitative estimate of drug-likeness (QED) is 0.542. The van der Waals surface area contributed by atoms with Crippen LogP contribution in [0.5, 0.6) is 0 Å². The van der Waals surface area contributed by atoms with Crippen molar-refractivity contribution in [2.24, 2.45) is 11.8 Å². The summed E-state index contributed by atoms with van der Waals surface area (Å²) in [6.45, 7) is 3.25. The summed E-state index contributed by atoms with van der Waals surface area (Å²) in [7, 11) is 0. The zero-order chi connectivity index (χ0) is 23.6. The molecule has 6 heteroatoms. The van der Waals surface area contributed by atoms with Crippen LogP contribution in [0.2, 0.25) is 0 Å². The van der Waals surface area contributed by atoms with Crippen molar-refractivity contribution in [3.05, 3.63) is 65.4 Å². The Balaban J connectivity index is 0.960. The Morgan fingerprint density at radius 1 is 1.00 bits per heavy atom. The molecular formula is C29H35N5O. The highest BCUT2D eigenvalue weighted by Crippen LogP contribution is 2.32. The van der Waals surface area contributed by atoms with Crippen LogP contribution in [0.15, 0.2) is 42.7 Å². The molecule has 0 unspecified atom stereocenters. The van der Waals surface area contributed by atoms with E-state index in [1.54, 1.807) is 6.20 Å². The fourth-order valence-electron chi connectivity index (χ4n) is 5.81. The molecule has 2 aliphatic carbocycles. The van der Waals surface area contributed by atoms with E-state index in [0.717, 1.165) is 79.4 Å². The third-order valence-corrected chi connectivity index (χ3v) is 8.16. The summed E-state index contributed by atoms with van der Waals surface area (Å²) >= 11 is 0. The first-order valence-corrected chi connectivity index (χ1v) is 13.4. The molecule has 1 N–H and O–H groups in total. The van der Waals surface area contributed by atoms with Gasteiger partial charge in [-0.05, 0) is 81.5 Å². The Morgan fingerprint density at radius 2 is 1.86 bits per heavy atom. The highest BCUT2D eigenvalue weighted by Gasteiger charge is 2.26. The first kappa shape index (κ1) is 22.6. The highest BCUT2D eigenvalue weighted by molar-refractivity contribution is 6.06. The van der Waals surface area contributed by atoms with Crippen LogP contribution in [0.4, 0.5) is 0 Å². The second-order valence-corrected chi connectivity index (χ2v) is 10.8. The van der Waals surface area contributed by atoms with Gasteiger partial charge >= 0.3 is 0 Å². The number of hydrogen-bond acceptors (Lipinski definition) is 5. The molecule has 1 amide bonds. The number of carbonyl (C=O) groups excluding carboxylic acids is 1. The zero-order valence-corrected chi connectivity index (χ0v) is 20.5. The number of fused-ring (bicyclic) bond motifs is 2. The van der Waals surface area contributed by atoms with E-state index in [1.165, 1.54) is 43.4 Å². The van der Waals surface area contributed by atoms with Crippen LogP contribution in [0, 0.1) is 11.8 Å². The minimum atomic E-state index is 0.0292. The monoisotopic (exact) mass is 469 g/mol. The lowest BCUT2D eigenvalue weighted by Crippen LogP contribution is -2.38. The first-order valence-electron chi connectivity index (χ1n) is 13.4. The molecule has 1 aromatic carbocycles. The van der Waals surface area contributed by atoms with Gasteiger partial charge in [0.2, 0.25) is 0 Å². The molecule has 0 bridgehead atoms. The summed E-state index contributed by atoms with van der Waals surface area (Å²) in [6.07, 6.45) is 14.5. The van der Waals surface area contributed by atoms with E-state index < -0.39 is 0 Å². The fourth-order valence-corrected chi connectivity index (χ4v) is 5.81. The van der Waals surface area contributed by atoms with Crippen LogP contribution >= 0.6 is 0 Å². The van der Waals surface area contributed by atoms with E-state index in [4.69, 9.17) is 4.98 Å². The molecule has 2 fully saturated rings. The topological polar surface area (TPSA) is 71.0 Å². The van der Waals surface area contributed by atoms with Gasteiger partial charge in [-0.3, -0.25) is 14.7 Å². The highest BCUT2D eigenvalue weighted by atomic mass is 16.1. The van der Waals surface area contributed by atoms with Crippen LogP contribution in [-0.4, -0.2) is 44.9 Å². The number of amides is 1. The molecule has 3 aromatic rings. The van der Waals surface area contributed by atoms with Gasteiger partial charge in [-0.2, -0.15) is 0 Å². The van der Waals surface area contributed by atoms with E-state index in [9.17, 15) is 4.79 Å². The van der Waals surface area contributed by atoms with E-state index in [-0.39, 0.29) is 11.9 Å². The van der Waals surface area contributed by atoms with E-state index >= 15 is 0 Å². The van der Waals surface area contributed by atoms with E-state index in [0.29, 0.717) is 0 Å². The molecule has 3 heterocycles. The standard InChI is InChI=1S/C29H35N5O/c35-29(25-3-1-5-27-24(25)4-2-14-30-27)32-23-10-8-20(9-11-23)12-15-34-16-13-26-22(19-34)18-31-28(33-26)17-21-6-7-21/h1-5,14,18,20-21,23H,6-13,15-17,19H2,(H,32,35). The van der Waals surface area contributed by atoms with E-state index in [1.807, 2.05) is 30.3 Å². The zero-order valence-electron chi connectivity index (χ0n) is 20.5. The van der Waals surface area contributed by atoms with Crippen molar-refractivity contribution in [1.29, 1.82) is 0 Å². The van der Waals surface area contributed by atoms with Crippen LogP contribution in [0.3, 0.4) is 0 Å². The van der Waals surface area contributed by atoms with Gasteiger partial charge in [0.25, 0.3) is 5.91 Å². The summed E-state index contributed by atoms with van der Waals surface area (Å²) in [5, 5.41) is 4.22. The predicted octanol–water partition coefficient (Wildman–Crippen LogP) is 4.71. The van der Waals surface area contributed by atoms with Crippen molar-refractivity contribution < 1.29 is 4.79 Å². The number of hydrogen-bond donors (Lipinski definition) is 1. The SMILES string of the molecule is O=C(NC1CCC(CCN2CCc3nc(CC4CC4)ncc3C2)CC1)c1cccc2ncccc12. The molecule has 0 atom stereocenters. The number of nitrogens with one attached hydrogen (secondary N) is 1. The summed E-state index contributed by atoms with van der Waals surface area (Å²) in [6, 6.07) is 9.92. The molecule has 1 aliphatic heterocycles. The lowest BCUT2D eigenvalue weighted by atomic mass is 9.83. The van der Waals surface area contributed by atoms with Crippen molar-refractivity contribution in [1.82, 2.24) is 25.2 Å². The molecule has 2 saturated carbocycles. The van der Waals surface area contributed by atoms with Gasteiger partial charge in [0.05, 0.1) is 5.52 Å². The second kappa shape index (κ2) is 10.0. The van der Waals surface area contributed by atoms with Crippen molar-refractivity contribution in [2.45, 2.75) is 70.4 Å². The Morgan fingerprint density at radius 3 is 2.71 bits per heavy atom. The molecule has 6 nitrogen and oxygen atoms in total. The van der Waals surface area contributed by atoms with Crippen molar-refractivity contribution in [3.63, 3.8) is 0 Å². The molecule has 0 saturated heterocycles. The molecule has 6 rings (SSSR count). The maximum absolute atomic E-state index is 13.0. The number of rotatable bonds is 7. The number of nitrogens with zero attached hydrogens (tertiary/aromatic N) is 4. The molecule has 0 spiro atoms. The molecule has 3 aliphatic rings. The third kappa shape index (κ3) is 5.37. The smallest absolute Gasteiger partial charge is 0.252 e. The van der Waals surface area contributed by atoms with Gasteiger partial charge in [-0.25, -0.2) is 9.97 Å². The summed E-state index contributed by atoms with van der Waals surface area (Å²) in [5.74, 6) is 2.68. The largest absolute Gasteiger partial charge is 0.349 e. The average molecular weight is 470 g/mol. The lowest BCUT2D eigenvalue weighted by Gasteiger charge is -2.32. The Labute approximate surface area is 207 Å². The maximum atomic E-state index is 13.0. The minimum absolute atomic E-state index is 0.0292.